The van der Waals surface area contributed by atoms with E-state index in [1.807, 2.05) is 36.4 Å². The minimum Gasteiger partial charge on any atom is -0.453 e. The van der Waals surface area contributed by atoms with Crippen molar-refractivity contribution in [2.24, 2.45) is 0 Å². The Morgan fingerprint density at radius 2 is 1.61 bits per heavy atom. The first-order valence-electron chi connectivity index (χ1n) is 7.00. The Labute approximate surface area is 137 Å². The minimum absolute atomic E-state index is 0.217. The topological polar surface area (TPSA) is 56.3 Å². The first kappa shape index (κ1) is 15.1. The van der Waals surface area contributed by atoms with Crippen LogP contribution in [-0.4, -0.2) is 23.3 Å². The Kier molecular flexibility index (Phi) is 4.59. The lowest BCUT2D eigenvalue weighted by Gasteiger charge is -2.02. The Balaban J connectivity index is 1.63. The van der Waals surface area contributed by atoms with Gasteiger partial charge in [0.15, 0.2) is 18.1 Å². The van der Waals surface area contributed by atoms with Crippen LogP contribution >= 0.6 is 11.3 Å². The number of hydrogen-bond donors (Lipinski definition) is 0. The van der Waals surface area contributed by atoms with Gasteiger partial charge in [-0.1, -0.05) is 60.7 Å². The van der Waals surface area contributed by atoms with E-state index in [0.717, 1.165) is 10.6 Å². The highest BCUT2D eigenvalue weighted by Gasteiger charge is 2.15. The maximum atomic E-state index is 12.0. The molecule has 3 rings (SSSR count). The molecule has 4 nitrogen and oxygen atoms in total. The van der Waals surface area contributed by atoms with E-state index in [9.17, 15) is 9.59 Å². The summed E-state index contributed by atoms with van der Waals surface area (Å²) in [4.78, 5) is 28.2. The summed E-state index contributed by atoms with van der Waals surface area (Å²) in [5, 5.41) is 2.38. The summed E-state index contributed by atoms with van der Waals surface area (Å²) in [6.45, 7) is -0.291. The second kappa shape index (κ2) is 6.98. The van der Waals surface area contributed by atoms with Gasteiger partial charge in [0, 0.05) is 16.5 Å². The molecule has 0 aliphatic carbocycles. The van der Waals surface area contributed by atoms with E-state index < -0.39 is 5.97 Å². The van der Waals surface area contributed by atoms with Crippen LogP contribution in [0.25, 0.3) is 10.6 Å². The van der Waals surface area contributed by atoms with Crippen LogP contribution in [0.5, 0.6) is 0 Å². The molecule has 0 bridgehead atoms. The number of esters is 1. The largest absolute Gasteiger partial charge is 0.453 e. The maximum Gasteiger partial charge on any atom is 0.358 e. The average molecular weight is 323 g/mol. The van der Waals surface area contributed by atoms with Crippen molar-refractivity contribution in [3.05, 3.63) is 77.3 Å². The van der Waals surface area contributed by atoms with Gasteiger partial charge in [-0.05, 0) is 0 Å². The number of ketones is 1. The number of rotatable bonds is 5. The molecule has 0 atom stereocenters. The van der Waals surface area contributed by atoms with Gasteiger partial charge >= 0.3 is 5.97 Å². The van der Waals surface area contributed by atoms with Crippen molar-refractivity contribution in [2.75, 3.05) is 6.61 Å². The third kappa shape index (κ3) is 3.70. The van der Waals surface area contributed by atoms with Crippen LogP contribution in [0.3, 0.4) is 0 Å². The van der Waals surface area contributed by atoms with E-state index >= 15 is 0 Å². The second-order valence-corrected chi connectivity index (χ2v) is 5.63. The predicted molar refractivity (Wildman–Crippen MR) is 88.6 cm³/mol. The number of hydrogen-bond acceptors (Lipinski definition) is 5. The lowest BCUT2D eigenvalue weighted by Crippen LogP contribution is -2.14. The SMILES string of the molecule is O=C(COC(=O)c1csc(-c2ccccc2)n1)c1ccccc1. The molecule has 1 heterocycles. The van der Waals surface area contributed by atoms with Crippen LogP contribution in [0, 0.1) is 0 Å². The zero-order chi connectivity index (χ0) is 16.1. The predicted octanol–water partition coefficient (Wildman–Crippen LogP) is 3.85. The van der Waals surface area contributed by atoms with Crippen molar-refractivity contribution < 1.29 is 14.3 Å². The molecule has 5 heteroatoms. The Hall–Kier alpha value is -2.79. The summed E-state index contributed by atoms with van der Waals surface area (Å²) in [7, 11) is 0. The summed E-state index contributed by atoms with van der Waals surface area (Å²) < 4.78 is 5.05. The maximum absolute atomic E-state index is 12.0. The fraction of sp³-hybridized carbons (Fsp3) is 0.0556. The molecule has 0 radical (unpaired) electrons. The van der Waals surface area contributed by atoms with E-state index in [0.29, 0.717) is 5.56 Å². The summed E-state index contributed by atoms with van der Waals surface area (Å²) in [6.07, 6.45) is 0. The molecule has 0 spiro atoms. The molecule has 0 unspecified atom stereocenters. The number of ether oxygens (including phenoxy) is 1. The number of carbonyl (C=O) groups is 2. The van der Waals surface area contributed by atoms with Crippen molar-refractivity contribution in [3.63, 3.8) is 0 Å². The van der Waals surface area contributed by atoms with Crippen LogP contribution in [0.1, 0.15) is 20.8 Å². The number of Topliss-reactive ketones (excluding diaryl/α,β-unsaturated/α-hetero) is 1. The van der Waals surface area contributed by atoms with Gasteiger partial charge in [-0.25, -0.2) is 9.78 Å². The monoisotopic (exact) mass is 323 g/mol. The molecule has 0 aliphatic heterocycles. The summed E-state index contributed by atoms with van der Waals surface area (Å²) >= 11 is 1.36. The van der Waals surface area contributed by atoms with Gasteiger partial charge in [0.2, 0.25) is 0 Å². The van der Waals surface area contributed by atoms with Crippen molar-refractivity contribution in [1.82, 2.24) is 4.98 Å². The minimum atomic E-state index is -0.590. The Morgan fingerprint density at radius 1 is 0.957 bits per heavy atom. The molecule has 0 N–H and O–H groups in total. The van der Waals surface area contributed by atoms with Gasteiger partial charge in [-0.2, -0.15) is 0 Å². The van der Waals surface area contributed by atoms with E-state index in [2.05, 4.69) is 4.98 Å². The second-order valence-electron chi connectivity index (χ2n) is 4.77. The number of aromatic nitrogens is 1. The summed E-state index contributed by atoms with van der Waals surface area (Å²) in [5.41, 5.74) is 1.68. The molecular formula is C18H13NO3S. The van der Waals surface area contributed by atoms with Gasteiger partial charge in [-0.3, -0.25) is 4.79 Å². The van der Waals surface area contributed by atoms with Crippen molar-refractivity contribution in [3.8, 4) is 10.6 Å². The van der Waals surface area contributed by atoms with Crippen LogP contribution < -0.4 is 0 Å². The summed E-state index contributed by atoms with van der Waals surface area (Å²) in [6, 6.07) is 18.3. The lowest BCUT2D eigenvalue weighted by molar-refractivity contribution is 0.0470. The first-order chi connectivity index (χ1) is 11.2. The van der Waals surface area contributed by atoms with Crippen LogP contribution in [0.4, 0.5) is 0 Å². The van der Waals surface area contributed by atoms with Crippen molar-refractivity contribution >= 4 is 23.1 Å². The molecule has 0 saturated heterocycles. The van der Waals surface area contributed by atoms with Crippen molar-refractivity contribution in [2.45, 2.75) is 0 Å². The number of nitrogens with zero attached hydrogens (tertiary/aromatic N) is 1. The molecule has 114 valence electrons. The fourth-order valence-electron chi connectivity index (χ4n) is 1.99. The highest BCUT2D eigenvalue weighted by molar-refractivity contribution is 7.13. The smallest absolute Gasteiger partial charge is 0.358 e. The molecule has 23 heavy (non-hydrogen) atoms. The average Bonchev–Trinajstić information content (AvgIpc) is 3.11. The highest BCUT2D eigenvalue weighted by atomic mass is 32.1. The van der Waals surface area contributed by atoms with E-state index in [1.165, 1.54) is 11.3 Å². The van der Waals surface area contributed by atoms with Crippen molar-refractivity contribution in [1.29, 1.82) is 0 Å². The molecule has 0 aliphatic rings. The molecule has 0 amide bonds. The molecule has 2 aromatic carbocycles. The fourth-order valence-corrected chi connectivity index (χ4v) is 2.79. The Bertz CT molecular complexity index is 813. The zero-order valence-electron chi connectivity index (χ0n) is 12.1. The first-order valence-corrected chi connectivity index (χ1v) is 7.88. The third-order valence-electron chi connectivity index (χ3n) is 3.16. The summed E-state index contributed by atoms with van der Waals surface area (Å²) in [5.74, 6) is -0.829. The van der Waals surface area contributed by atoms with E-state index in [-0.39, 0.29) is 18.1 Å². The molecule has 0 fully saturated rings. The van der Waals surface area contributed by atoms with E-state index in [4.69, 9.17) is 4.74 Å². The third-order valence-corrected chi connectivity index (χ3v) is 4.06. The van der Waals surface area contributed by atoms with Crippen LogP contribution in [0.15, 0.2) is 66.0 Å². The van der Waals surface area contributed by atoms with Crippen LogP contribution in [-0.2, 0) is 4.74 Å². The normalized spacial score (nSPS) is 10.3. The molecule has 3 aromatic rings. The van der Waals surface area contributed by atoms with Gasteiger partial charge < -0.3 is 4.74 Å². The Morgan fingerprint density at radius 3 is 2.30 bits per heavy atom. The standard InChI is InChI=1S/C18H13NO3S/c20-16(13-7-3-1-4-8-13)11-22-18(21)15-12-23-17(19-15)14-9-5-2-6-10-14/h1-10,12H,11H2. The van der Waals surface area contributed by atoms with Crippen LogP contribution in [0.2, 0.25) is 0 Å². The molecular weight excluding hydrogens is 310 g/mol. The highest BCUT2D eigenvalue weighted by Crippen LogP contribution is 2.23. The molecule has 0 saturated carbocycles. The number of carbonyl (C=O) groups excluding carboxylic acids is 2. The van der Waals surface area contributed by atoms with Gasteiger partial charge in [-0.15, -0.1) is 11.3 Å². The van der Waals surface area contributed by atoms with Gasteiger partial charge in [0.25, 0.3) is 0 Å². The molecule has 1 aromatic heterocycles. The van der Waals surface area contributed by atoms with E-state index in [1.54, 1.807) is 29.6 Å². The van der Waals surface area contributed by atoms with Gasteiger partial charge in [0.1, 0.15) is 5.01 Å². The lowest BCUT2D eigenvalue weighted by atomic mass is 10.1. The number of thiazole rings is 1. The quantitative estimate of drug-likeness (QED) is 0.528. The van der Waals surface area contributed by atoms with Gasteiger partial charge in [0.05, 0.1) is 0 Å². The number of benzene rings is 2. The zero-order valence-corrected chi connectivity index (χ0v) is 13.0.